The first-order chi connectivity index (χ1) is 10.3. The summed E-state index contributed by atoms with van der Waals surface area (Å²) in [5.74, 6) is 0.609. The van der Waals surface area contributed by atoms with Gasteiger partial charge in [0.1, 0.15) is 5.75 Å². The van der Waals surface area contributed by atoms with E-state index in [9.17, 15) is 4.79 Å². The zero-order chi connectivity index (χ0) is 16.3. The maximum absolute atomic E-state index is 10.9. The summed E-state index contributed by atoms with van der Waals surface area (Å²) in [6.45, 7) is 9.45. The van der Waals surface area contributed by atoms with Crippen molar-refractivity contribution in [3.8, 4) is 5.75 Å². The summed E-state index contributed by atoms with van der Waals surface area (Å²) in [7, 11) is 0. The second kappa shape index (κ2) is 6.72. The molecule has 2 unspecified atom stereocenters. The molecule has 122 valence electrons. The Hall–Kier alpha value is -1.51. The highest BCUT2D eigenvalue weighted by atomic mass is 16.5. The topological polar surface area (TPSA) is 46.5 Å². The molecule has 1 aromatic rings. The minimum absolute atomic E-state index is 0.0439. The lowest BCUT2D eigenvalue weighted by Gasteiger charge is -2.24. The first kappa shape index (κ1) is 16.9. The van der Waals surface area contributed by atoms with Gasteiger partial charge in [-0.3, -0.25) is 4.79 Å². The van der Waals surface area contributed by atoms with E-state index in [2.05, 4.69) is 45.9 Å². The molecule has 22 heavy (non-hydrogen) atoms. The standard InChI is InChI=1S/C19H28O3/c1-5-10-22-17-9-7-13(11-16(17)19(2,3)4)6-8-14-12-15(14)18(20)21/h7,9,11,14-15H,5-6,8,10,12H2,1-4H3,(H,20,21). The monoisotopic (exact) mass is 304 g/mol. The normalized spacial score (nSPS) is 20.7. The van der Waals surface area contributed by atoms with Crippen LogP contribution >= 0.6 is 0 Å². The number of rotatable bonds is 7. The molecule has 0 radical (unpaired) electrons. The lowest BCUT2D eigenvalue weighted by Crippen LogP contribution is -2.14. The van der Waals surface area contributed by atoms with Gasteiger partial charge in [-0.15, -0.1) is 0 Å². The summed E-state index contributed by atoms with van der Waals surface area (Å²) in [5, 5.41) is 8.97. The summed E-state index contributed by atoms with van der Waals surface area (Å²) >= 11 is 0. The molecule has 1 aliphatic carbocycles. The Labute approximate surface area is 133 Å². The Morgan fingerprint density at radius 3 is 2.64 bits per heavy atom. The summed E-state index contributed by atoms with van der Waals surface area (Å²) in [4.78, 5) is 10.9. The first-order valence-corrected chi connectivity index (χ1v) is 8.32. The van der Waals surface area contributed by atoms with Gasteiger partial charge in [-0.05, 0) is 54.2 Å². The maximum Gasteiger partial charge on any atom is 0.306 e. The maximum atomic E-state index is 10.9. The molecule has 1 aromatic carbocycles. The Kier molecular flexibility index (Phi) is 5.15. The predicted octanol–water partition coefficient (Wildman–Crippen LogP) is 4.43. The number of hydrogen-bond donors (Lipinski definition) is 1. The average Bonchev–Trinajstić information content (AvgIpc) is 3.22. The molecule has 0 heterocycles. The molecule has 3 heteroatoms. The van der Waals surface area contributed by atoms with E-state index in [0.29, 0.717) is 5.92 Å². The molecule has 0 bridgehead atoms. The van der Waals surface area contributed by atoms with Gasteiger partial charge in [0, 0.05) is 0 Å². The fourth-order valence-electron chi connectivity index (χ4n) is 2.88. The third-order valence-electron chi connectivity index (χ3n) is 4.36. The smallest absolute Gasteiger partial charge is 0.306 e. The molecule has 2 rings (SSSR count). The fourth-order valence-corrected chi connectivity index (χ4v) is 2.88. The van der Waals surface area contributed by atoms with Gasteiger partial charge in [0.25, 0.3) is 0 Å². The minimum atomic E-state index is -0.635. The predicted molar refractivity (Wildman–Crippen MR) is 88.5 cm³/mol. The number of carbonyl (C=O) groups is 1. The highest BCUT2D eigenvalue weighted by Crippen LogP contribution is 2.42. The zero-order valence-corrected chi connectivity index (χ0v) is 14.2. The third-order valence-corrected chi connectivity index (χ3v) is 4.36. The van der Waals surface area contributed by atoms with Crippen LogP contribution in [-0.2, 0) is 16.6 Å². The summed E-state index contributed by atoms with van der Waals surface area (Å²) in [6, 6.07) is 6.44. The number of aliphatic carboxylic acids is 1. The van der Waals surface area contributed by atoms with Crippen LogP contribution in [-0.4, -0.2) is 17.7 Å². The average molecular weight is 304 g/mol. The number of benzene rings is 1. The lowest BCUT2D eigenvalue weighted by atomic mass is 9.85. The van der Waals surface area contributed by atoms with E-state index in [0.717, 1.165) is 38.0 Å². The molecule has 1 saturated carbocycles. The zero-order valence-electron chi connectivity index (χ0n) is 14.2. The van der Waals surface area contributed by atoms with Crippen LogP contribution in [0.1, 0.15) is 58.1 Å². The second-order valence-corrected chi connectivity index (χ2v) is 7.41. The van der Waals surface area contributed by atoms with Gasteiger partial charge in [0.15, 0.2) is 0 Å². The largest absolute Gasteiger partial charge is 0.493 e. The SMILES string of the molecule is CCCOc1ccc(CCC2CC2C(=O)O)cc1C(C)(C)C. The number of aryl methyl sites for hydroxylation is 1. The molecule has 1 N–H and O–H groups in total. The van der Waals surface area contributed by atoms with E-state index >= 15 is 0 Å². The van der Waals surface area contributed by atoms with Crippen LogP contribution in [0.5, 0.6) is 5.75 Å². The molecule has 0 amide bonds. The molecule has 3 nitrogen and oxygen atoms in total. The molecular formula is C19H28O3. The molecule has 1 fully saturated rings. The Morgan fingerprint density at radius 1 is 1.36 bits per heavy atom. The number of hydrogen-bond acceptors (Lipinski definition) is 2. The molecule has 0 saturated heterocycles. The van der Waals surface area contributed by atoms with Gasteiger partial charge in [-0.1, -0.05) is 39.8 Å². The van der Waals surface area contributed by atoms with Crippen molar-refractivity contribution in [2.45, 2.75) is 58.8 Å². The van der Waals surface area contributed by atoms with Gasteiger partial charge >= 0.3 is 5.97 Å². The number of carboxylic acid groups (broad SMARTS) is 1. The quantitative estimate of drug-likeness (QED) is 0.810. The lowest BCUT2D eigenvalue weighted by molar-refractivity contribution is -0.138. The van der Waals surface area contributed by atoms with E-state index in [1.807, 2.05) is 0 Å². The molecule has 2 atom stereocenters. The van der Waals surface area contributed by atoms with Crippen molar-refractivity contribution in [1.82, 2.24) is 0 Å². The Bertz CT molecular complexity index is 528. The summed E-state index contributed by atoms with van der Waals surface area (Å²) < 4.78 is 5.88. The van der Waals surface area contributed by atoms with Crippen molar-refractivity contribution in [2.75, 3.05) is 6.61 Å². The first-order valence-electron chi connectivity index (χ1n) is 8.32. The number of carboxylic acids is 1. The highest BCUT2D eigenvalue weighted by molar-refractivity contribution is 5.73. The second-order valence-electron chi connectivity index (χ2n) is 7.41. The van der Waals surface area contributed by atoms with Crippen molar-refractivity contribution in [1.29, 1.82) is 0 Å². The van der Waals surface area contributed by atoms with Crippen molar-refractivity contribution < 1.29 is 14.6 Å². The van der Waals surface area contributed by atoms with E-state index in [4.69, 9.17) is 9.84 Å². The highest BCUT2D eigenvalue weighted by Gasteiger charge is 2.42. The van der Waals surface area contributed by atoms with Crippen LogP contribution in [0.3, 0.4) is 0 Å². The Balaban J connectivity index is 2.05. The molecule has 0 spiro atoms. The summed E-state index contributed by atoms with van der Waals surface area (Å²) in [6.07, 6.45) is 3.77. The third kappa shape index (κ3) is 4.25. The van der Waals surface area contributed by atoms with Gasteiger partial charge in [0.2, 0.25) is 0 Å². The van der Waals surface area contributed by atoms with Crippen molar-refractivity contribution in [3.05, 3.63) is 29.3 Å². The van der Waals surface area contributed by atoms with Crippen LogP contribution in [0.4, 0.5) is 0 Å². The van der Waals surface area contributed by atoms with E-state index in [-0.39, 0.29) is 11.3 Å². The van der Waals surface area contributed by atoms with Gasteiger partial charge in [-0.25, -0.2) is 0 Å². The van der Waals surface area contributed by atoms with Gasteiger partial charge in [-0.2, -0.15) is 0 Å². The van der Waals surface area contributed by atoms with Crippen LogP contribution in [0.15, 0.2) is 18.2 Å². The molecule has 0 aliphatic heterocycles. The molecular weight excluding hydrogens is 276 g/mol. The van der Waals surface area contributed by atoms with Crippen LogP contribution < -0.4 is 4.74 Å². The fraction of sp³-hybridized carbons (Fsp3) is 0.632. The van der Waals surface area contributed by atoms with Crippen LogP contribution in [0.25, 0.3) is 0 Å². The van der Waals surface area contributed by atoms with Crippen molar-refractivity contribution in [3.63, 3.8) is 0 Å². The molecule has 1 aliphatic rings. The van der Waals surface area contributed by atoms with Gasteiger partial charge in [0.05, 0.1) is 12.5 Å². The van der Waals surface area contributed by atoms with Crippen molar-refractivity contribution in [2.24, 2.45) is 11.8 Å². The van der Waals surface area contributed by atoms with Crippen molar-refractivity contribution >= 4 is 5.97 Å². The van der Waals surface area contributed by atoms with E-state index < -0.39 is 5.97 Å². The van der Waals surface area contributed by atoms with Gasteiger partial charge < -0.3 is 9.84 Å². The molecule has 0 aromatic heterocycles. The van der Waals surface area contributed by atoms with Crippen LogP contribution in [0.2, 0.25) is 0 Å². The Morgan fingerprint density at radius 2 is 2.09 bits per heavy atom. The van der Waals surface area contributed by atoms with E-state index in [1.54, 1.807) is 0 Å². The number of ether oxygens (including phenoxy) is 1. The summed E-state index contributed by atoms with van der Waals surface area (Å²) in [5.41, 5.74) is 2.57. The van der Waals surface area contributed by atoms with E-state index in [1.165, 1.54) is 11.1 Å². The van der Waals surface area contributed by atoms with Crippen LogP contribution in [0, 0.1) is 11.8 Å². The minimum Gasteiger partial charge on any atom is -0.493 e.